The van der Waals surface area contributed by atoms with Crippen LogP contribution >= 0.6 is 0 Å². The Labute approximate surface area is 166 Å². The molecule has 0 spiro atoms. The monoisotopic (exact) mass is 383 g/mol. The first-order valence-electron chi connectivity index (χ1n) is 10.4. The molecule has 1 saturated heterocycles. The van der Waals surface area contributed by atoms with Gasteiger partial charge in [0.1, 0.15) is 6.33 Å². The molecule has 2 aromatic heterocycles. The summed E-state index contributed by atoms with van der Waals surface area (Å²) in [5.74, 6) is 2.40. The van der Waals surface area contributed by atoms with Crippen LogP contribution < -0.4 is 4.74 Å². The van der Waals surface area contributed by atoms with Crippen LogP contribution in [0, 0.1) is 25.7 Å². The number of nitrogens with zero attached hydrogens (tertiary/aromatic N) is 5. The highest BCUT2D eigenvalue weighted by Gasteiger charge is 2.30. The van der Waals surface area contributed by atoms with Crippen LogP contribution in [0.25, 0.3) is 5.82 Å². The molecule has 1 amide bonds. The van der Waals surface area contributed by atoms with Crippen molar-refractivity contribution >= 4 is 5.91 Å². The van der Waals surface area contributed by atoms with Crippen LogP contribution in [-0.2, 0) is 4.79 Å². The fourth-order valence-corrected chi connectivity index (χ4v) is 4.34. The summed E-state index contributed by atoms with van der Waals surface area (Å²) in [4.78, 5) is 23.2. The molecule has 0 aromatic carbocycles. The van der Waals surface area contributed by atoms with Crippen molar-refractivity contribution in [2.45, 2.75) is 52.4 Å². The minimum Gasteiger partial charge on any atom is -0.477 e. The molecule has 0 N–H and O–H groups in total. The van der Waals surface area contributed by atoms with Crippen LogP contribution in [0.4, 0.5) is 0 Å². The molecule has 0 atom stereocenters. The molecular weight excluding hydrogens is 354 g/mol. The standard InChI is InChI=1S/C21H29N5O2/c1-15-11-16(2)26(24-15)19-12-20(23-14-22-19)28-13-17-7-9-25(10-8-17)21(27)18-5-3-4-6-18/h11-12,14,17-18H,3-10,13H2,1-2H3. The topological polar surface area (TPSA) is 73.1 Å². The molecule has 2 aromatic rings. The number of aryl methyl sites for hydroxylation is 2. The molecular formula is C21H29N5O2. The van der Waals surface area contributed by atoms with Gasteiger partial charge in [-0.25, -0.2) is 14.6 Å². The van der Waals surface area contributed by atoms with Gasteiger partial charge < -0.3 is 9.64 Å². The summed E-state index contributed by atoms with van der Waals surface area (Å²) in [5.41, 5.74) is 1.99. The van der Waals surface area contributed by atoms with Crippen LogP contribution in [0.3, 0.4) is 0 Å². The van der Waals surface area contributed by atoms with Crippen molar-refractivity contribution in [3.05, 3.63) is 29.8 Å². The largest absolute Gasteiger partial charge is 0.477 e. The van der Waals surface area contributed by atoms with Gasteiger partial charge in [-0.05, 0) is 51.5 Å². The summed E-state index contributed by atoms with van der Waals surface area (Å²) in [7, 11) is 0. The van der Waals surface area contributed by atoms with Crippen LogP contribution in [0.2, 0.25) is 0 Å². The second-order valence-electron chi connectivity index (χ2n) is 8.11. The first-order valence-corrected chi connectivity index (χ1v) is 10.4. The Kier molecular flexibility index (Phi) is 5.59. The molecule has 150 valence electrons. The van der Waals surface area contributed by atoms with E-state index in [-0.39, 0.29) is 5.92 Å². The molecule has 1 aliphatic heterocycles. The molecule has 3 heterocycles. The van der Waals surface area contributed by atoms with Crippen molar-refractivity contribution in [2.75, 3.05) is 19.7 Å². The van der Waals surface area contributed by atoms with E-state index < -0.39 is 0 Å². The fraction of sp³-hybridized carbons (Fsp3) is 0.619. The normalized spacial score (nSPS) is 18.6. The van der Waals surface area contributed by atoms with Crippen LogP contribution in [0.15, 0.2) is 18.5 Å². The van der Waals surface area contributed by atoms with E-state index in [1.807, 2.05) is 26.0 Å². The lowest BCUT2D eigenvalue weighted by Crippen LogP contribution is -2.42. The van der Waals surface area contributed by atoms with E-state index >= 15 is 0 Å². The second kappa shape index (κ2) is 8.29. The number of rotatable bonds is 5. The SMILES string of the molecule is Cc1cc(C)n(-c2cc(OCC3CCN(C(=O)C4CCCC4)CC3)ncn2)n1. The van der Waals surface area contributed by atoms with Gasteiger partial charge in [-0.2, -0.15) is 5.10 Å². The molecule has 0 unspecified atom stereocenters. The maximum Gasteiger partial charge on any atom is 0.225 e. The quantitative estimate of drug-likeness (QED) is 0.793. The number of carbonyl (C=O) groups is 1. The minimum atomic E-state index is 0.279. The molecule has 1 aliphatic carbocycles. The van der Waals surface area contributed by atoms with Gasteiger partial charge in [0.05, 0.1) is 12.3 Å². The van der Waals surface area contributed by atoms with Gasteiger partial charge in [0.2, 0.25) is 11.8 Å². The average Bonchev–Trinajstić information content (AvgIpc) is 3.36. The Balaban J connectivity index is 1.29. The number of amides is 1. The predicted molar refractivity (Wildman–Crippen MR) is 105 cm³/mol. The second-order valence-corrected chi connectivity index (χ2v) is 8.11. The van der Waals surface area contributed by atoms with Crippen molar-refractivity contribution in [2.24, 2.45) is 11.8 Å². The molecule has 0 bridgehead atoms. The highest BCUT2D eigenvalue weighted by Crippen LogP contribution is 2.28. The summed E-state index contributed by atoms with van der Waals surface area (Å²) in [6.07, 6.45) is 8.07. The summed E-state index contributed by atoms with van der Waals surface area (Å²) in [6.45, 7) is 6.29. The van der Waals surface area contributed by atoms with Gasteiger partial charge in [-0.15, -0.1) is 0 Å². The predicted octanol–water partition coefficient (Wildman–Crippen LogP) is 3.09. The van der Waals surface area contributed by atoms with Crippen molar-refractivity contribution in [3.63, 3.8) is 0 Å². The van der Waals surface area contributed by atoms with Gasteiger partial charge in [0, 0.05) is 30.8 Å². The van der Waals surface area contributed by atoms with Crippen molar-refractivity contribution < 1.29 is 9.53 Å². The lowest BCUT2D eigenvalue weighted by atomic mass is 9.96. The van der Waals surface area contributed by atoms with E-state index in [2.05, 4.69) is 20.0 Å². The molecule has 2 fully saturated rings. The Morgan fingerprint density at radius 1 is 1.11 bits per heavy atom. The number of likely N-dealkylation sites (tertiary alicyclic amines) is 1. The zero-order valence-corrected chi connectivity index (χ0v) is 16.8. The van der Waals surface area contributed by atoms with Gasteiger partial charge in [-0.1, -0.05) is 12.8 Å². The van der Waals surface area contributed by atoms with Crippen LogP contribution in [-0.4, -0.2) is 50.3 Å². The summed E-state index contributed by atoms with van der Waals surface area (Å²) in [5, 5.41) is 4.46. The maximum absolute atomic E-state index is 12.6. The van der Waals surface area contributed by atoms with Crippen LogP contribution in [0.5, 0.6) is 5.88 Å². The first kappa shape index (κ1) is 18.9. The van der Waals surface area contributed by atoms with Gasteiger partial charge >= 0.3 is 0 Å². The van der Waals surface area contributed by atoms with Crippen LogP contribution in [0.1, 0.15) is 49.9 Å². The summed E-state index contributed by atoms with van der Waals surface area (Å²) in [6, 6.07) is 3.85. The average molecular weight is 383 g/mol. The number of hydrogen-bond donors (Lipinski definition) is 0. The lowest BCUT2D eigenvalue weighted by Gasteiger charge is -2.33. The maximum atomic E-state index is 12.6. The molecule has 1 saturated carbocycles. The van der Waals surface area contributed by atoms with E-state index in [1.165, 1.54) is 19.2 Å². The fourth-order valence-electron chi connectivity index (χ4n) is 4.34. The third-order valence-corrected chi connectivity index (χ3v) is 5.95. The van der Waals surface area contributed by atoms with E-state index in [9.17, 15) is 4.79 Å². The molecule has 0 radical (unpaired) electrons. The molecule has 7 nitrogen and oxygen atoms in total. The zero-order valence-electron chi connectivity index (χ0n) is 16.8. The Morgan fingerprint density at radius 2 is 1.86 bits per heavy atom. The highest BCUT2D eigenvalue weighted by atomic mass is 16.5. The van der Waals surface area contributed by atoms with Crippen molar-refractivity contribution in [1.82, 2.24) is 24.6 Å². The third-order valence-electron chi connectivity index (χ3n) is 5.95. The van der Waals surface area contributed by atoms with Crippen molar-refractivity contribution in [1.29, 1.82) is 0 Å². The Bertz CT molecular complexity index is 820. The van der Waals surface area contributed by atoms with Gasteiger partial charge in [0.25, 0.3) is 0 Å². The van der Waals surface area contributed by atoms with E-state index in [0.29, 0.717) is 30.1 Å². The van der Waals surface area contributed by atoms with Gasteiger partial charge in [-0.3, -0.25) is 4.79 Å². The van der Waals surface area contributed by atoms with Gasteiger partial charge in [0.15, 0.2) is 5.82 Å². The summed E-state index contributed by atoms with van der Waals surface area (Å²) < 4.78 is 7.76. The first-order chi connectivity index (χ1) is 13.6. The molecule has 7 heteroatoms. The number of ether oxygens (including phenoxy) is 1. The molecule has 2 aliphatic rings. The lowest BCUT2D eigenvalue weighted by molar-refractivity contribution is -0.136. The minimum absolute atomic E-state index is 0.279. The van der Waals surface area contributed by atoms with Crippen molar-refractivity contribution in [3.8, 4) is 11.7 Å². The number of hydrogen-bond acceptors (Lipinski definition) is 5. The Morgan fingerprint density at radius 3 is 2.54 bits per heavy atom. The summed E-state index contributed by atoms with van der Waals surface area (Å²) >= 11 is 0. The third kappa shape index (κ3) is 4.18. The molecule has 28 heavy (non-hydrogen) atoms. The van der Waals surface area contributed by atoms with E-state index in [4.69, 9.17) is 4.74 Å². The number of piperidine rings is 1. The number of aromatic nitrogens is 4. The Hall–Kier alpha value is -2.44. The van der Waals surface area contributed by atoms with E-state index in [1.54, 1.807) is 4.68 Å². The molecule has 4 rings (SSSR count). The smallest absolute Gasteiger partial charge is 0.225 e. The zero-order chi connectivity index (χ0) is 19.5. The highest BCUT2D eigenvalue weighted by molar-refractivity contribution is 5.79. The number of carbonyl (C=O) groups excluding carboxylic acids is 1. The van der Waals surface area contributed by atoms with E-state index in [0.717, 1.165) is 50.2 Å².